The third-order valence-electron chi connectivity index (χ3n) is 8.89. The van der Waals surface area contributed by atoms with Gasteiger partial charge in [0.2, 0.25) is 5.95 Å². The van der Waals surface area contributed by atoms with Gasteiger partial charge in [-0.25, -0.2) is 14.8 Å². The summed E-state index contributed by atoms with van der Waals surface area (Å²) in [6.07, 6.45) is 2.39. The molecule has 2 aromatic heterocycles. The second kappa shape index (κ2) is 10.1. The van der Waals surface area contributed by atoms with Crippen molar-refractivity contribution in [2.45, 2.75) is 37.8 Å². The molecule has 214 valence electrons. The first kappa shape index (κ1) is 26.0. The second-order valence-electron chi connectivity index (χ2n) is 11.7. The highest BCUT2D eigenvalue weighted by atomic mass is 16.6. The molecule has 0 bridgehead atoms. The van der Waals surface area contributed by atoms with Crippen molar-refractivity contribution < 1.29 is 14.3 Å². The summed E-state index contributed by atoms with van der Waals surface area (Å²) < 4.78 is 11.2. The molecule has 3 atom stereocenters. The van der Waals surface area contributed by atoms with Gasteiger partial charge in [-0.1, -0.05) is 13.0 Å². The Balaban J connectivity index is 1.19. The molecule has 4 aliphatic heterocycles. The maximum atomic E-state index is 12.4. The number of amides is 1. The topological polar surface area (TPSA) is 99.2 Å². The van der Waals surface area contributed by atoms with Gasteiger partial charge in [0.05, 0.1) is 18.7 Å². The number of nitrogens with zero attached hydrogens (tertiary/aromatic N) is 7. The number of anilines is 6. The first-order valence-corrected chi connectivity index (χ1v) is 14.4. The number of aromatic nitrogens is 3. The number of rotatable bonds is 5. The molecule has 0 saturated carbocycles. The zero-order chi connectivity index (χ0) is 28.1. The van der Waals surface area contributed by atoms with Gasteiger partial charge >= 0.3 is 6.09 Å². The summed E-state index contributed by atoms with van der Waals surface area (Å²) in [5.41, 5.74) is 2.91. The lowest BCUT2D eigenvalue weighted by Gasteiger charge is -2.39. The van der Waals surface area contributed by atoms with E-state index in [0.717, 1.165) is 55.5 Å². The molecule has 3 aromatic rings. The van der Waals surface area contributed by atoms with Gasteiger partial charge in [0.15, 0.2) is 0 Å². The summed E-state index contributed by atoms with van der Waals surface area (Å²) in [7, 11) is 2.17. The van der Waals surface area contributed by atoms with E-state index in [1.54, 1.807) is 4.90 Å². The van der Waals surface area contributed by atoms with Gasteiger partial charge in [0.1, 0.15) is 24.1 Å². The van der Waals surface area contributed by atoms with E-state index in [0.29, 0.717) is 31.6 Å². The molecule has 0 radical (unpaired) electrons. The Bertz CT molecular complexity index is 1440. The highest BCUT2D eigenvalue weighted by Crippen LogP contribution is 2.50. The Morgan fingerprint density at radius 2 is 1.76 bits per heavy atom. The second-order valence-corrected chi connectivity index (χ2v) is 11.7. The number of hydrogen-bond donors (Lipinski definition) is 1. The van der Waals surface area contributed by atoms with Crippen molar-refractivity contribution in [1.82, 2.24) is 19.9 Å². The number of fused-ring (bicyclic) bond motifs is 3. The van der Waals surface area contributed by atoms with E-state index in [2.05, 4.69) is 58.3 Å². The van der Waals surface area contributed by atoms with Gasteiger partial charge in [-0.15, -0.1) is 0 Å². The molecule has 0 unspecified atom stereocenters. The molecular formula is C30H36N8O3. The van der Waals surface area contributed by atoms with Crippen molar-refractivity contribution >= 4 is 40.9 Å². The quantitative estimate of drug-likeness (QED) is 0.498. The van der Waals surface area contributed by atoms with Crippen LogP contribution >= 0.6 is 0 Å². The molecule has 6 heterocycles. The SMILES string of the molecule is C[C@H]1COC(=O)N1c1cccc(N2c3nc(Nc4ccc(N5CCN(C)CC5)cc4)ncc3[C@@]3(C)COCC[C@@H]23)n1. The Kier molecular flexibility index (Phi) is 6.43. The molecule has 0 spiro atoms. The smallest absolute Gasteiger partial charge is 0.415 e. The minimum Gasteiger partial charge on any atom is -0.447 e. The Labute approximate surface area is 240 Å². The number of likely N-dealkylation sites (N-methyl/N-ethyl adjacent to an activating group) is 1. The van der Waals surface area contributed by atoms with Crippen LogP contribution in [0.2, 0.25) is 0 Å². The maximum Gasteiger partial charge on any atom is 0.415 e. The van der Waals surface area contributed by atoms with Crippen molar-refractivity contribution in [2.24, 2.45) is 0 Å². The van der Waals surface area contributed by atoms with E-state index in [-0.39, 0.29) is 23.6 Å². The van der Waals surface area contributed by atoms with Crippen LogP contribution in [0.25, 0.3) is 0 Å². The average Bonchev–Trinajstić information content (AvgIpc) is 3.46. The van der Waals surface area contributed by atoms with Crippen LogP contribution in [-0.2, 0) is 14.9 Å². The van der Waals surface area contributed by atoms with Gasteiger partial charge in [-0.2, -0.15) is 4.98 Å². The lowest BCUT2D eigenvalue weighted by molar-refractivity contribution is 0.0341. The zero-order valence-electron chi connectivity index (χ0n) is 23.8. The predicted octanol–water partition coefficient (Wildman–Crippen LogP) is 3.91. The van der Waals surface area contributed by atoms with Crippen LogP contribution < -0.4 is 20.0 Å². The third-order valence-corrected chi connectivity index (χ3v) is 8.89. The van der Waals surface area contributed by atoms with Gasteiger partial charge < -0.3 is 29.5 Å². The minimum absolute atomic E-state index is 0.0785. The highest BCUT2D eigenvalue weighted by molar-refractivity contribution is 5.89. The van der Waals surface area contributed by atoms with Gasteiger partial charge in [0.25, 0.3) is 0 Å². The first-order valence-electron chi connectivity index (χ1n) is 14.4. The molecule has 11 nitrogen and oxygen atoms in total. The molecule has 0 aliphatic carbocycles. The molecule has 41 heavy (non-hydrogen) atoms. The van der Waals surface area contributed by atoms with Crippen LogP contribution in [0.5, 0.6) is 0 Å². The van der Waals surface area contributed by atoms with Crippen molar-refractivity contribution in [1.29, 1.82) is 0 Å². The maximum absolute atomic E-state index is 12.4. The lowest BCUT2D eigenvalue weighted by Crippen LogP contribution is -2.48. The summed E-state index contributed by atoms with van der Waals surface area (Å²) in [6.45, 7) is 9.99. The fourth-order valence-corrected chi connectivity index (χ4v) is 6.47. The fourth-order valence-electron chi connectivity index (χ4n) is 6.47. The molecule has 7 rings (SSSR count). The predicted molar refractivity (Wildman–Crippen MR) is 158 cm³/mol. The number of ether oxygens (including phenoxy) is 2. The molecule has 11 heteroatoms. The summed E-state index contributed by atoms with van der Waals surface area (Å²) in [6, 6.07) is 14.3. The summed E-state index contributed by atoms with van der Waals surface area (Å²) >= 11 is 0. The molecule has 3 saturated heterocycles. The number of benzene rings is 1. The number of cyclic esters (lactones) is 1. The van der Waals surface area contributed by atoms with E-state index < -0.39 is 0 Å². The summed E-state index contributed by atoms with van der Waals surface area (Å²) in [5.74, 6) is 2.66. The Hall–Kier alpha value is -3.96. The van der Waals surface area contributed by atoms with Crippen LogP contribution in [0.1, 0.15) is 25.8 Å². The van der Waals surface area contributed by atoms with Crippen molar-refractivity contribution in [3.63, 3.8) is 0 Å². The van der Waals surface area contributed by atoms with Crippen molar-refractivity contribution in [3.8, 4) is 0 Å². The Morgan fingerprint density at radius 1 is 1.00 bits per heavy atom. The number of piperazine rings is 1. The van der Waals surface area contributed by atoms with Crippen molar-refractivity contribution in [3.05, 3.63) is 54.2 Å². The molecular weight excluding hydrogens is 520 g/mol. The van der Waals surface area contributed by atoms with Crippen molar-refractivity contribution in [2.75, 3.05) is 73.1 Å². The minimum atomic E-state index is -0.368. The van der Waals surface area contributed by atoms with Crippen LogP contribution in [-0.4, -0.2) is 91.1 Å². The molecule has 1 amide bonds. The normalized spacial score (nSPS) is 26.1. The molecule has 3 fully saturated rings. The standard InChI is InChI=1S/C30H36N8O3/c1-20-18-41-29(39)37(20)25-5-4-6-26(33-25)38-24-11-16-40-19-30(24,2)23-17-31-28(34-27(23)38)32-21-7-9-22(10-8-21)36-14-12-35(3)13-15-36/h4-10,17,20,24H,11-16,18-19H2,1-3H3,(H,31,32,34)/t20-,24+,30+/m0/s1. The van der Waals surface area contributed by atoms with E-state index in [1.165, 1.54) is 5.69 Å². The highest BCUT2D eigenvalue weighted by Gasteiger charge is 2.52. The summed E-state index contributed by atoms with van der Waals surface area (Å²) in [5, 5.41) is 3.41. The number of carbonyl (C=O) groups is 1. The monoisotopic (exact) mass is 556 g/mol. The molecule has 4 aliphatic rings. The van der Waals surface area contributed by atoms with Crippen LogP contribution in [0.4, 0.5) is 39.6 Å². The average molecular weight is 557 g/mol. The van der Waals surface area contributed by atoms with E-state index in [9.17, 15) is 4.79 Å². The number of nitrogens with one attached hydrogen (secondary N) is 1. The van der Waals surface area contributed by atoms with E-state index in [4.69, 9.17) is 24.4 Å². The first-order chi connectivity index (χ1) is 19.9. The largest absolute Gasteiger partial charge is 0.447 e. The molecule has 1 N–H and O–H groups in total. The van der Waals surface area contributed by atoms with Gasteiger partial charge in [-0.05, 0) is 56.8 Å². The van der Waals surface area contributed by atoms with E-state index >= 15 is 0 Å². The molecule has 1 aromatic carbocycles. The van der Waals surface area contributed by atoms with E-state index in [1.807, 2.05) is 31.3 Å². The Morgan fingerprint density at radius 3 is 2.49 bits per heavy atom. The van der Waals surface area contributed by atoms with Crippen LogP contribution in [0, 0.1) is 0 Å². The zero-order valence-corrected chi connectivity index (χ0v) is 23.8. The third kappa shape index (κ3) is 4.53. The number of hydrogen-bond acceptors (Lipinski definition) is 10. The van der Waals surface area contributed by atoms with Crippen LogP contribution in [0.15, 0.2) is 48.7 Å². The van der Waals surface area contributed by atoms with Gasteiger partial charge in [-0.3, -0.25) is 4.90 Å². The number of pyridine rings is 1. The summed E-state index contributed by atoms with van der Waals surface area (Å²) in [4.78, 5) is 35.7. The lowest BCUT2D eigenvalue weighted by atomic mass is 9.77. The van der Waals surface area contributed by atoms with Crippen LogP contribution in [0.3, 0.4) is 0 Å². The number of carbonyl (C=O) groups excluding carboxylic acids is 1. The fraction of sp³-hybridized carbons (Fsp3) is 0.467. The van der Waals surface area contributed by atoms with Gasteiger partial charge in [0, 0.05) is 61.3 Å².